The lowest BCUT2D eigenvalue weighted by molar-refractivity contribution is 0.186. The van der Waals surface area contributed by atoms with Crippen LogP contribution >= 0.6 is 0 Å². The first-order chi connectivity index (χ1) is 17.1. The summed E-state index contributed by atoms with van der Waals surface area (Å²) in [6, 6.07) is 5.57. The number of aromatic nitrogens is 4. The first-order valence-electron chi connectivity index (χ1n) is 11.5. The van der Waals surface area contributed by atoms with Crippen molar-refractivity contribution in [1.29, 1.82) is 0 Å². The minimum atomic E-state index is -0.657. The van der Waals surface area contributed by atoms with Crippen LogP contribution in [0.25, 0.3) is 16.6 Å². The molecule has 0 saturated carbocycles. The van der Waals surface area contributed by atoms with Crippen LogP contribution in [0.3, 0.4) is 0 Å². The number of nitrogens with zero attached hydrogens (tertiary/aromatic N) is 4. The van der Waals surface area contributed by atoms with Crippen molar-refractivity contribution < 1.29 is 24.1 Å². The van der Waals surface area contributed by atoms with E-state index in [-0.39, 0.29) is 12.6 Å². The average molecular weight is 483 g/mol. The molecule has 0 aliphatic carbocycles. The van der Waals surface area contributed by atoms with E-state index < -0.39 is 6.09 Å². The molecule has 1 amide bonds. The van der Waals surface area contributed by atoms with E-state index >= 15 is 0 Å². The summed E-state index contributed by atoms with van der Waals surface area (Å²) >= 11 is 0. The Balaban J connectivity index is 1.86. The quantitative estimate of drug-likeness (QED) is 0.373. The second kappa shape index (κ2) is 11.2. The van der Waals surface area contributed by atoms with Crippen molar-refractivity contribution in [2.75, 3.05) is 44.6 Å². The highest BCUT2D eigenvalue weighted by atomic mass is 16.5. The van der Waals surface area contributed by atoms with Crippen LogP contribution in [-0.4, -0.2) is 64.9 Å². The highest BCUT2D eigenvalue weighted by Gasteiger charge is 2.24. The predicted molar refractivity (Wildman–Crippen MR) is 132 cm³/mol. The first kappa shape index (κ1) is 24.4. The van der Waals surface area contributed by atoms with Crippen LogP contribution in [0.5, 0.6) is 5.75 Å². The lowest BCUT2D eigenvalue weighted by atomic mass is 10.1. The summed E-state index contributed by atoms with van der Waals surface area (Å²) < 4.78 is 17.7. The molecule has 35 heavy (non-hydrogen) atoms. The molecule has 3 heterocycles. The zero-order valence-corrected chi connectivity index (χ0v) is 20.1. The van der Waals surface area contributed by atoms with Gasteiger partial charge in [-0.25, -0.2) is 9.78 Å². The molecule has 0 bridgehead atoms. The maximum Gasteiger partial charge on any atom is 0.413 e. The molecule has 0 atom stereocenters. The van der Waals surface area contributed by atoms with Gasteiger partial charge in [0.25, 0.3) is 0 Å². The Labute approximate surface area is 203 Å². The van der Waals surface area contributed by atoms with Gasteiger partial charge in [0.15, 0.2) is 5.82 Å². The number of hydrogen-bond acceptors (Lipinski definition) is 9. The second-order valence-electron chi connectivity index (χ2n) is 8.05. The molecule has 3 N–H and O–H groups in total. The number of unbranched alkanes of at least 4 members (excludes halogenated alkanes) is 1. The number of rotatable bonds is 10. The van der Waals surface area contributed by atoms with Gasteiger partial charge in [-0.2, -0.15) is 10.1 Å². The molecular formula is C24H30N6O5. The van der Waals surface area contributed by atoms with Crippen LogP contribution in [0.2, 0.25) is 0 Å². The third-order valence-corrected chi connectivity index (χ3v) is 5.67. The highest BCUT2D eigenvalue weighted by Crippen LogP contribution is 2.32. The van der Waals surface area contributed by atoms with Crippen molar-refractivity contribution >= 4 is 34.5 Å². The standard InChI is InChI=1S/C24H30N6O5/c1-4-5-9-25-22-21-20(26-23(27-22)28-24(32)34-3)19(17-8-10-35-14-17)29-30(21)12-16-7-6-15(13-31)11-18(16)33-2/h6-8,11,31H,4-5,9-10,12-14H2,1-3H3,(H2,25,26,27,28,32). The number of benzene rings is 1. The van der Waals surface area contributed by atoms with Crippen molar-refractivity contribution in [3.05, 3.63) is 41.1 Å². The van der Waals surface area contributed by atoms with Crippen molar-refractivity contribution in [2.24, 2.45) is 0 Å². The summed E-state index contributed by atoms with van der Waals surface area (Å²) in [5.74, 6) is 1.32. The van der Waals surface area contributed by atoms with Gasteiger partial charge in [-0.3, -0.25) is 10.00 Å². The summed E-state index contributed by atoms with van der Waals surface area (Å²) in [5, 5.41) is 20.3. The maximum absolute atomic E-state index is 11.9. The van der Waals surface area contributed by atoms with Gasteiger partial charge in [-0.15, -0.1) is 0 Å². The minimum absolute atomic E-state index is 0.0745. The molecule has 0 spiro atoms. The molecule has 0 fully saturated rings. The van der Waals surface area contributed by atoms with E-state index in [0.29, 0.717) is 54.6 Å². The molecule has 186 valence electrons. The number of hydrogen-bond donors (Lipinski definition) is 3. The number of ether oxygens (including phenoxy) is 3. The third-order valence-electron chi connectivity index (χ3n) is 5.67. The van der Waals surface area contributed by atoms with Crippen LogP contribution in [0, 0.1) is 0 Å². The largest absolute Gasteiger partial charge is 0.496 e. The molecule has 0 saturated heterocycles. The van der Waals surface area contributed by atoms with Gasteiger partial charge in [0.1, 0.15) is 22.5 Å². The Bertz CT molecular complexity index is 1240. The summed E-state index contributed by atoms with van der Waals surface area (Å²) in [4.78, 5) is 21.1. The minimum Gasteiger partial charge on any atom is -0.496 e. The number of methoxy groups -OCH3 is 2. The van der Waals surface area contributed by atoms with Crippen molar-refractivity contribution in [2.45, 2.75) is 32.9 Å². The Hall–Kier alpha value is -3.70. The van der Waals surface area contributed by atoms with Crippen LogP contribution in [-0.2, 0) is 22.6 Å². The molecule has 0 unspecified atom stereocenters. The fourth-order valence-corrected chi connectivity index (χ4v) is 3.85. The highest BCUT2D eigenvalue weighted by molar-refractivity contribution is 5.96. The number of aliphatic hydroxyl groups excluding tert-OH is 1. The monoisotopic (exact) mass is 482 g/mol. The van der Waals surface area contributed by atoms with Crippen molar-refractivity contribution in [3.63, 3.8) is 0 Å². The summed E-state index contributed by atoms with van der Waals surface area (Å²) in [7, 11) is 2.88. The number of amides is 1. The number of aliphatic hydroxyl groups is 1. The van der Waals surface area contributed by atoms with Gasteiger partial charge in [-0.05, 0) is 18.1 Å². The molecule has 1 aromatic carbocycles. The topological polar surface area (TPSA) is 133 Å². The van der Waals surface area contributed by atoms with Crippen LogP contribution in [0.4, 0.5) is 16.6 Å². The Morgan fingerprint density at radius 2 is 2.14 bits per heavy atom. The van der Waals surface area contributed by atoms with Crippen LogP contribution < -0.4 is 15.4 Å². The molecule has 1 aliphatic rings. The van der Waals surface area contributed by atoms with E-state index in [2.05, 4.69) is 27.5 Å². The number of fused-ring (bicyclic) bond motifs is 1. The Morgan fingerprint density at radius 3 is 2.83 bits per heavy atom. The van der Waals surface area contributed by atoms with Crippen LogP contribution in [0.1, 0.15) is 36.6 Å². The van der Waals surface area contributed by atoms with Crippen molar-refractivity contribution in [1.82, 2.24) is 19.7 Å². The third kappa shape index (κ3) is 5.36. The predicted octanol–water partition coefficient (Wildman–Crippen LogP) is 3.18. The van der Waals surface area contributed by atoms with E-state index in [0.717, 1.165) is 29.5 Å². The second-order valence-corrected chi connectivity index (χ2v) is 8.05. The number of anilines is 2. The molecule has 11 nitrogen and oxygen atoms in total. The number of nitrogens with one attached hydrogen (secondary N) is 2. The lowest BCUT2D eigenvalue weighted by Gasteiger charge is -2.13. The lowest BCUT2D eigenvalue weighted by Crippen LogP contribution is -2.15. The molecule has 1 aliphatic heterocycles. The number of carbonyl (C=O) groups is 1. The Kier molecular flexibility index (Phi) is 7.78. The van der Waals surface area contributed by atoms with Gasteiger partial charge < -0.3 is 24.6 Å². The van der Waals surface area contributed by atoms with Gasteiger partial charge >= 0.3 is 6.09 Å². The van der Waals surface area contributed by atoms with Crippen LogP contribution in [0.15, 0.2) is 24.3 Å². The number of carbonyl (C=O) groups excluding carboxylic acids is 1. The van der Waals surface area contributed by atoms with Gasteiger partial charge in [0.2, 0.25) is 5.95 Å². The zero-order valence-electron chi connectivity index (χ0n) is 20.1. The van der Waals surface area contributed by atoms with E-state index in [4.69, 9.17) is 19.3 Å². The first-order valence-corrected chi connectivity index (χ1v) is 11.5. The molecule has 3 aromatic rings. The van der Waals surface area contributed by atoms with Crippen molar-refractivity contribution in [3.8, 4) is 5.75 Å². The van der Waals surface area contributed by atoms with E-state index in [1.807, 2.05) is 29.0 Å². The van der Waals surface area contributed by atoms with Gasteiger partial charge in [0.05, 0.1) is 40.6 Å². The fourth-order valence-electron chi connectivity index (χ4n) is 3.85. The normalized spacial score (nSPS) is 13.1. The van der Waals surface area contributed by atoms with Gasteiger partial charge in [0, 0.05) is 17.7 Å². The Morgan fingerprint density at radius 1 is 1.29 bits per heavy atom. The SMILES string of the molecule is CCCCNc1nc(NC(=O)OC)nc2c(C3=CCOC3)nn(Cc3ccc(CO)cc3OC)c12. The van der Waals surface area contributed by atoms with E-state index in [1.54, 1.807) is 7.11 Å². The smallest absolute Gasteiger partial charge is 0.413 e. The molecule has 2 aromatic heterocycles. The molecule has 11 heteroatoms. The van der Waals surface area contributed by atoms with Gasteiger partial charge in [-0.1, -0.05) is 31.6 Å². The van der Waals surface area contributed by atoms with E-state index in [9.17, 15) is 9.90 Å². The fraction of sp³-hybridized carbons (Fsp3) is 0.417. The van der Waals surface area contributed by atoms with E-state index in [1.165, 1.54) is 7.11 Å². The summed E-state index contributed by atoms with van der Waals surface area (Å²) in [6.45, 7) is 4.03. The molecule has 4 rings (SSSR count). The summed E-state index contributed by atoms with van der Waals surface area (Å²) in [6.07, 6.45) is 3.27. The molecule has 0 radical (unpaired) electrons. The molecular weight excluding hydrogens is 452 g/mol. The average Bonchev–Trinajstić information content (AvgIpc) is 3.52. The zero-order chi connectivity index (χ0) is 24.8. The maximum atomic E-state index is 11.9. The summed E-state index contributed by atoms with van der Waals surface area (Å²) in [5.41, 5.74) is 4.51.